The van der Waals surface area contributed by atoms with E-state index in [0.29, 0.717) is 27.5 Å². The first-order valence-corrected chi connectivity index (χ1v) is 13.4. The molecule has 0 saturated carbocycles. The molecule has 40 heavy (non-hydrogen) atoms. The first kappa shape index (κ1) is 28.8. The maximum absolute atomic E-state index is 12.8. The van der Waals surface area contributed by atoms with Crippen LogP contribution in [0, 0.1) is 6.92 Å². The molecule has 2 amide bonds. The van der Waals surface area contributed by atoms with Crippen molar-refractivity contribution in [1.29, 1.82) is 0 Å². The zero-order valence-electron chi connectivity index (χ0n) is 21.5. The van der Waals surface area contributed by atoms with Gasteiger partial charge in [-0.2, -0.15) is 0 Å². The van der Waals surface area contributed by atoms with Gasteiger partial charge in [0.1, 0.15) is 23.5 Å². The number of anilines is 1. The van der Waals surface area contributed by atoms with Crippen molar-refractivity contribution >= 4 is 51.2 Å². The molecule has 0 radical (unpaired) electrons. The van der Waals surface area contributed by atoms with E-state index in [-0.39, 0.29) is 17.7 Å². The summed E-state index contributed by atoms with van der Waals surface area (Å²) in [5.41, 5.74) is 2.97. The van der Waals surface area contributed by atoms with Gasteiger partial charge in [0.05, 0.1) is 0 Å². The van der Waals surface area contributed by atoms with E-state index in [0.717, 1.165) is 10.0 Å². The third kappa shape index (κ3) is 7.08. The number of aliphatic carboxylic acids is 1. The summed E-state index contributed by atoms with van der Waals surface area (Å²) in [4.78, 5) is 37.2. The second-order valence-electron chi connectivity index (χ2n) is 8.94. The highest BCUT2D eigenvalue weighted by molar-refractivity contribution is 9.10. The van der Waals surface area contributed by atoms with Crippen molar-refractivity contribution in [3.05, 3.63) is 105 Å². The lowest BCUT2D eigenvalue weighted by Crippen LogP contribution is -2.42. The number of aryl methyl sites for hydroxylation is 1. The van der Waals surface area contributed by atoms with Crippen LogP contribution in [-0.2, 0) is 16.0 Å². The summed E-state index contributed by atoms with van der Waals surface area (Å²) in [5.74, 6) is -1.41. The maximum atomic E-state index is 12.8. The van der Waals surface area contributed by atoms with Crippen LogP contribution in [0.2, 0.25) is 5.02 Å². The highest BCUT2D eigenvalue weighted by Crippen LogP contribution is 2.32. The zero-order chi connectivity index (χ0) is 28.8. The smallest absolute Gasteiger partial charge is 0.412 e. The van der Waals surface area contributed by atoms with Crippen LogP contribution >= 0.6 is 27.5 Å². The molecule has 0 aliphatic heterocycles. The van der Waals surface area contributed by atoms with E-state index >= 15 is 0 Å². The Hall–Kier alpha value is -4.15. The molecular formula is C29H25BrClN3O6. The summed E-state index contributed by atoms with van der Waals surface area (Å²) in [6.45, 7) is 3.37. The van der Waals surface area contributed by atoms with Gasteiger partial charge in [-0.05, 0) is 49.7 Å². The van der Waals surface area contributed by atoms with Crippen LogP contribution in [0.5, 0.6) is 0 Å². The molecule has 0 spiro atoms. The normalized spacial score (nSPS) is 12.3. The van der Waals surface area contributed by atoms with Gasteiger partial charge in [0.2, 0.25) is 0 Å². The number of nitrogens with zero attached hydrogens (tertiary/aromatic N) is 1. The van der Waals surface area contributed by atoms with Crippen molar-refractivity contribution in [3.8, 4) is 11.3 Å². The van der Waals surface area contributed by atoms with Gasteiger partial charge in [0.15, 0.2) is 5.76 Å². The molecule has 9 nitrogen and oxygen atoms in total. The van der Waals surface area contributed by atoms with E-state index in [2.05, 4.69) is 31.7 Å². The number of hydrogen-bond donors (Lipinski definition) is 3. The molecule has 0 bridgehead atoms. The molecule has 3 N–H and O–H groups in total. The predicted molar refractivity (Wildman–Crippen MR) is 153 cm³/mol. The molecule has 0 aliphatic rings. The number of carboxylic acid groups (broad SMARTS) is 1. The quantitative estimate of drug-likeness (QED) is 0.186. The average molecular weight is 627 g/mol. The standard InChI is InChI=1S/C29H25BrClN3O6/c1-16-25(33-29(38)39-17(2)22-5-3-4-6-23(22)31)26(40-34-16)19-9-11-20(12-10-19)27(35)32-24(28(36)37)15-18-7-13-21(30)14-8-18/h3-14,17,24H,15H2,1-2H3,(H,32,35)(H,33,38)(H,36,37). The molecule has 3 aromatic carbocycles. The van der Waals surface area contributed by atoms with Crippen molar-refractivity contribution in [2.75, 3.05) is 5.32 Å². The van der Waals surface area contributed by atoms with Gasteiger partial charge in [-0.1, -0.05) is 75.2 Å². The maximum Gasteiger partial charge on any atom is 0.412 e. The summed E-state index contributed by atoms with van der Waals surface area (Å²) in [5, 5.41) is 19.3. The number of rotatable bonds is 9. The first-order chi connectivity index (χ1) is 19.1. The van der Waals surface area contributed by atoms with Crippen molar-refractivity contribution in [3.63, 3.8) is 0 Å². The Labute approximate surface area is 243 Å². The minimum Gasteiger partial charge on any atom is -0.480 e. The Morgan fingerprint density at radius 3 is 2.38 bits per heavy atom. The van der Waals surface area contributed by atoms with Crippen LogP contribution < -0.4 is 10.6 Å². The van der Waals surface area contributed by atoms with Gasteiger partial charge >= 0.3 is 12.1 Å². The number of halogens is 2. The van der Waals surface area contributed by atoms with Crippen molar-refractivity contribution in [1.82, 2.24) is 10.5 Å². The molecule has 2 unspecified atom stereocenters. The molecule has 4 rings (SSSR count). The number of nitrogens with one attached hydrogen (secondary N) is 2. The van der Waals surface area contributed by atoms with Crippen LogP contribution in [0.1, 0.15) is 40.2 Å². The molecule has 11 heteroatoms. The summed E-state index contributed by atoms with van der Waals surface area (Å²) in [6, 6.07) is 19.4. The van der Waals surface area contributed by atoms with Crippen molar-refractivity contribution < 1.29 is 28.8 Å². The summed E-state index contributed by atoms with van der Waals surface area (Å²) in [7, 11) is 0. The monoisotopic (exact) mass is 625 g/mol. The third-order valence-electron chi connectivity index (χ3n) is 6.08. The largest absolute Gasteiger partial charge is 0.480 e. The van der Waals surface area contributed by atoms with Gasteiger partial charge in [-0.15, -0.1) is 0 Å². The van der Waals surface area contributed by atoms with Crippen LogP contribution in [-0.4, -0.2) is 34.3 Å². The summed E-state index contributed by atoms with van der Waals surface area (Å²) in [6.07, 6.45) is -1.20. The van der Waals surface area contributed by atoms with Crippen molar-refractivity contribution in [2.45, 2.75) is 32.4 Å². The molecule has 0 fully saturated rings. The Bertz CT molecular complexity index is 1520. The van der Waals surface area contributed by atoms with Crippen LogP contribution in [0.3, 0.4) is 0 Å². The molecule has 4 aromatic rings. The Morgan fingerprint density at radius 1 is 1.05 bits per heavy atom. The van der Waals surface area contributed by atoms with E-state index in [1.54, 1.807) is 62.4 Å². The van der Waals surface area contributed by atoms with E-state index in [1.807, 2.05) is 12.1 Å². The lowest BCUT2D eigenvalue weighted by atomic mass is 10.0. The molecule has 2 atom stereocenters. The van der Waals surface area contributed by atoms with E-state index in [9.17, 15) is 19.5 Å². The predicted octanol–water partition coefficient (Wildman–Crippen LogP) is 6.80. The SMILES string of the molecule is Cc1noc(-c2ccc(C(=O)NC(Cc3ccc(Br)cc3)C(=O)O)cc2)c1NC(=O)OC(C)c1ccccc1Cl. The summed E-state index contributed by atoms with van der Waals surface area (Å²) < 4.78 is 11.8. The van der Waals surface area contributed by atoms with Crippen LogP contribution in [0.4, 0.5) is 10.5 Å². The van der Waals surface area contributed by atoms with Gasteiger partial charge in [-0.3, -0.25) is 10.1 Å². The number of ether oxygens (including phenoxy) is 1. The Kier molecular flexibility index (Phi) is 9.23. The number of amides is 2. The Morgan fingerprint density at radius 2 is 1.73 bits per heavy atom. The fourth-order valence-electron chi connectivity index (χ4n) is 3.95. The van der Waals surface area contributed by atoms with E-state index in [1.165, 1.54) is 12.1 Å². The number of carbonyl (C=O) groups is 3. The molecule has 0 aliphatic carbocycles. The number of aromatic nitrogens is 1. The number of hydrogen-bond acceptors (Lipinski definition) is 6. The van der Waals surface area contributed by atoms with Crippen LogP contribution in [0.15, 0.2) is 81.8 Å². The van der Waals surface area contributed by atoms with Gasteiger partial charge < -0.3 is 19.7 Å². The highest BCUT2D eigenvalue weighted by atomic mass is 79.9. The lowest BCUT2D eigenvalue weighted by Gasteiger charge is -2.16. The topological polar surface area (TPSA) is 131 Å². The molecule has 206 valence electrons. The lowest BCUT2D eigenvalue weighted by molar-refractivity contribution is -0.139. The zero-order valence-corrected chi connectivity index (χ0v) is 23.8. The van der Waals surface area contributed by atoms with Gasteiger partial charge in [0, 0.05) is 32.6 Å². The van der Waals surface area contributed by atoms with Gasteiger partial charge in [0.25, 0.3) is 5.91 Å². The van der Waals surface area contributed by atoms with Gasteiger partial charge in [-0.25, -0.2) is 9.59 Å². The summed E-state index contributed by atoms with van der Waals surface area (Å²) >= 11 is 9.54. The number of carbonyl (C=O) groups excluding carboxylic acids is 2. The first-order valence-electron chi connectivity index (χ1n) is 12.2. The minimum absolute atomic E-state index is 0.129. The van der Waals surface area contributed by atoms with E-state index in [4.69, 9.17) is 20.9 Å². The third-order valence-corrected chi connectivity index (χ3v) is 6.96. The van der Waals surface area contributed by atoms with E-state index < -0.39 is 30.1 Å². The van der Waals surface area contributed by atoms with Crippen LogP contribution in [0.25, 0.3) is 11.3 Å². The fourth-order valence-corrected chi connectivity index (χ4v) is 4.50. The fraction of sp³-hybridized carbons (Fsp3) is 0.172. The second kappa shape index (κ2) is 12.8. The number of carboxylic acids is 1. The molecular weight excluding hydrogens is 602 g/mol. The number of benzene rings is 3. The molecule has 0 saturated heterocycles. The second-order valence-corrected chi connectivity index (χ2v) is 10.3. The Balaban J connectivity index is 1.43. The minimum atomic E-state index is -1.14. The molecule has 1 heterocycles. The van der Waals surface area contributed by atoms with Crippen molar-refractivity contribution in [2.24, 2.45) is 0 Å². The molecule has 1 aromatic heterocycles. The highest BCUT2D eigenvalue weighted by Gasteiger charge is 2.23. The average Bonchev–Trinajstić information content (AvgIpc) is 3.29.